The number of halogens is 1. The lowest BCUT2D eigenvalue weighted by atomic mass is 10.00. The molecular formula is C40H36FN9O4. The van der Waals surface area contributed by atoms with Crippen LogP contribution in [0.3, 0.4) is 0 Å². The summed E-state index contributed by atoms with van der Waals surface area (Å²) < 4.78 is 24.2. The maximum Gasteiger partial charge on any atom is 0.272 e. The zero-order valence-corrected chi connectivity index (χ0v) is 29.4. The van der Waals surface area contributed by atoms with Gasteiger partial charge in [-0.1, -0.05) is 24.3 Å². The van der Waals surface area contributed by atoms with Crippen molar-refractivity contribution in [2.75, 3.05) is 25.0 Å². The van der Waals surface area contributed by atoms with E-state index in [9.17, 15) is 14.4 Å². The first-order valence-corrected chi connectivity index (χ1v) is 17.7. The topological polar surface area (TPSA) is 153 Å². The van der Waals surface area contributed by atoms with E-state index >= 15 is 4.39 Å². The minimum Gasteiger partial charge on any atom is -0.491 e. The number of hydrogen-bond donors (Lipinski definition) is 2. The number of aromatic nitrogens is 7. The number of fused-ring (bicyclic) bond motifs is 2. The van der Waals surface area contributed by atoms with Gasteiger partial charge in [0.1, 0.15) is 18.2 Å². The molecule has 2 N–H and O–H groups in total. The molecule has 5 heterocycles. The van der Waals surface area contributed by atoms with E-state index in [1.807, 2.05) is 43.6 Å². The highest BCUT2D eigenvalue weighted by atomic mass is 19.1. The van der Waals surface area contributed by atoms with Crippen LogP contribution in [0.25, 0.3) is 32.9 Å². The molecule has 4 aromatic heterocycles. The van der Waals surface area contributed by atoms with Crippen LogP contribution < -0.4 is 21.2 Å². The number of nitrogens with one attached hydrogen (secondary N) is 2. The number of pyridine rings is 1. The first-order chi connectivity index (χ1) is 26.3. The van der Waals surface area contributed by atoms with Gasteiger partial charge in [0.05, 0.1) is 40.6 Å². The third-order valence-electron chi connectivity index (χ3n) is 9.69. The number of hydrogen-bond acceptors (Lipinski definition) is 9. The summed E-state index contributed by atoms with van der Waals surface area (Å²) in [5.41, 5.74) is 4.01. The highest BCUT2D eigenvalue weighted by molar-refractivity contribution is 5.95. The summed E-state index contributed by atoms with van der Waals surface area (Å²) in [5, 5.41) is 21.1. The lowest BCUT2D eigenvalue weighted by Gasteiger charge is -2.33. The SMILES string of the molecule is Cn1cc(-c2ccc(=O)n(CCOc3ccnc4cc(NC5CCN(C(=O)c6cc(Cc7n[nH]c(=O)c8ccccc78)ccc6F)CC5)ccc34)n2)cn1. The van der Waals surface area contributed by atoms with Crippen LogP contribution in [-0.4, -0.2) is 71.3 Å². The molecule has 54 heavy (non-hydrogen) atoms. The number of amides is 1. The average molecular weight is 726 g/mol. The van der Waals surface area contributed by atoms with Gasteiger partial charge in [-0.2, -0.15) is 15.3 Å². The lowest BCUT2D eigenvalue weighted by Crippen LogP contribution is -2.42. The molecule has 1 fully saturated rings. The van der Waals surface area contributed by atoms with Crippen molar-refractivity contribution in [3.8, 4) is 17.0 Å². The molecule has 0 radical (unpaired) electrons. The Morgan fingerprint density at radius 1 is 0.981 bits per heavy atom. The first kappa shape index (κ1) is 34.4. The van der Waals surface area contributed by atoms with E-state index in [-0.39, 0.29) is 41.8 Å². The Morgan fingerprint density at radius 3 is 2.63 bits per heavy atom. The van der Waals surface area contributed by atoms with E-state index < -0.39 is 5.82 Å². The van der Waals surface area contributed by atoms with Gasteiger partial charge in [-0.3, -0.25) is 24.0 Å². The lowest BCUT2D eigenvalue weighted by molar-refractivity contribution is 0.0713. The van der Waals surface area contributed by atoms with Crippen molar-refractivity contribution in [2.24, 2.45) is 7.05 Å². The number of piperidine rings is 1. The zero-order valence-electron chi connectivity index (χ0n) is 29.4. The van der Waals surface area contributed by atoms with E-state index in [2.05, 4.69) is 30.7 Å². The number of carbonyl (C=O) groups excluding carboxylic acids is 1. The van der Waals surface area contributed by atoms with Gasteiger partial charge >= 0.3 is 0 Å². The van der Waals surface area contributed by atoms with Crippen molar-refractivity contribution < 1.29 is 13.9 Å². The number of benzene rings is 3. The van der Waals surface area contributed by atoms with Gasteiger partial charge in [-0.15, -0.1) is 0 Å². The highest BCUT2D eigenvalue weighted by Crippen LogP contribution is 2.28. The Hall–Kier alpha value is -6.70. The Bertz CT molecular complexity index is 2630. The molecule has 14 heteroatoms. The predicted molar refractivity (Wildman–Crippen MR) is 202 cm³/mol. The summed E-state index contributed by atoms with van der Waals surface area (Å²) in [6.07, 6.45) is 6.93. The van der Waals surface area contributed by atoms with Crippen LogP contribution in [0, 0.1) is 5.82 Å². The summed E-state index contributed by atoms with van der Waals surface area (Å²) in [6, 6.07) is 22.7. The van der Waals surface area contributed by atoms with Crippen LogP contribution in [0.1, 0.15) is 34.5 Å². The maximum absolute atomic E-state index is 15.0. The van der Waals surface area contributed by atoms with Crippen LogP contribution in [0.15, 0.2) is 107 Å². The number of aryl methyl sites for hydroxylation is 1. The number of H-pyrrole nitrogens is 1. The largest absolute Gasteiger partial charge is 0.491 e. The second kappa shape index (κ2) is 14.7. The molecule has 0 aliphatic carbocycles. The molecule has 13 nitrogen and oxygen atoms in total. The molecule has 7 aromatic rings. The molecule has 0 saturated carbocycles. The second-order valence-electron chi connectivity index (χ2n) is 13.3. The van der Waals surface area contributed by atoms with E-state index in [0.717, 1.165) is 33.1 Å². The molecular weight excluding hydrogens is 689 g/mol. The normalized spacial score (nSPS) is 13.4. The fourth-order valence-electron chi connectivity index (χ4n) is 6.87. The number of anilines is 1. The Balaban J connectivity index is 0.877. The van der Waals surface area contributed by atoms with Gasteiger partial charge in [0.2, 0.25) is 0 Å². The van der Waals surface area contributed by atoms with Crippen molar-refractivity contribution in [1.82, 2.24) is 39.6 Å². The molecule has 0 atom stereocenters. The summed E-state index contributed by atoms with van der Waals surface area (Å²) in [5.74, 6) is -0.276. The third kappa shape index (κ3) is 7.18. The number of aromatic amines is 1. The highest BCUT2D eigenvalue weighted by Gasteiger charge is 2.26. The summed E-state index contributed by atoms with van der Waals surface area (Å²) >= 11 is 0. The summed E-state index contributed by atoms with van der Waals surface area (Å²) in [6.45, 7) is 1.44. The maximum atomic E-state index is 15.0. The standard InChI is InChI=1S/C40H36FN9O4/c1-48-24-26(23-43-48)34-10-11-38(51)50(47-34)18-19-54-37-12-15-42-35-22-28(7-8-31(35)37)44-27-13-16-49(17-14-27)40(53)32-20-25(6-9-33(32)41)21-36-29-4-2-3-5-30(29)39(52)46-45-36/h2-12,15,20,22-24,27,44H,13-14,16-19,21H2,1H3,(H,46,52). The number of carbonyl (C=O) groups is 1. The fourth-order valence-corrected chi connectivity index (χ4v) is 6.87. The molecule has 1 amide bonds. The number of ether oxygens (including phenoxy) is 1. The van der Waals surface area contributed by atoms with Crippen molar-refractivity contribution in [1.29, 1.82) is 0 Å². The molecule has 3 aromatic carbocycles. The van der Waals surface area contributed by atoms with Crippen LogP contribution in [0.2, 0.25) is 0 Å². The Labute approximate surface area is 308 Å². The van der Waals surface area contributed by atoms with E-state index in [0.29, 0.717) is 54.9 Å². The monoisotopic (exact) mass is 725 g/mol. The third-order valence-corrected chi connectivity index (χ3v) is 9.69. The first-order valence-electron chi connectivity index (χ1n) is 17.7. The van der Waals surface area contributed by atoms with Crippen molar-refractivity contribution in [2.45, 2.75) is 31.8 Å². The smallest absolute Gasteiger partial charge is 0.272 e. The van der Waals surface area contributed by atoms with E-state index in [1.165, 1.54) is 16.8 Å². The molecule has 0 bridgehead atoms. The van der Waals surface area contributed by atoms with E-state index in [4.69, 9.17) is 4.74 Å². The number of rotatable bonds is 10. The molecule has 0 spiro atoms. The minimum atomic E-state index is -0.573. The molecule has 1 saturated heterocycles. The Kier molecular flexibility index (Phi) is 9.38. The van der Waals surface area contributed by atoms with Gasteiger partial charge in [-0.25, -0.2) is 14.2 Å². The van der Waals surface area contributed by atoms with Crippen LogP contribution in [0.5, 0.6) is 5.75 Å². The van der Waals surface area contributed by atoms with Gasteiger partial charge in [0, 0.05) is 73.1 Å². The van der Waals surface area contributed by atoms with Gasteiger partial charge in [-0.05, 0) is 66.9 Å². The summed E-state index contributed by atoms with van der Waals surface area (Å²) in [4.78, 5) is 44.5. The van der Waals surface area contributed by atoms with Crippen LogP contribution >= 0.6 is 0 Å². The number of likely N-dealkylation sites (tertiary alicyclic amines) is 1. The predicted octanol–water partition coefficient (Wildman–Crippen LogP) is 4.95. The number of nitrogens with zero attached hydrogens (tertiary/aromatic N) is 7. The van der Waals surface area contributed by atoms with Crippen molar-refractivity contribution in [3.63, 3.8) is 0 Å². The van der Waals surface area contributed by atoms with Crippen LogP contribution in [-0.2, 0) is 20.0 Å². The van der Waals surface area contributed by atoms with Gasteiger partial charge < -0.3 is 15.0 Å². The quantitative estimate of drug-likeness (QED) is 0.199. The molecule has 1 aliphatic rings. The van der Waals surface area contributed by atoms with Crippen molar-refractivity contribution >= 4 is 33.3 Å². The Morgan fingerprint density at radius 2 is 1.81 bits per heavy atom. The minimum absolute atomic E-state index is 0.0212. The second-order valence-corrected chi connectivity index (χ2v) is 13.3. The van der Waals surface area contributed by atoms with E-state index in [1.54, 1.807) is 58.4 Å². The molecule has 0 unspecified atom stereocenters. The molecule has 272 valence electrons. The summed E-state index contributed by atoms with van der Waals surface area (Å²) in [7, 11) is 1.82. The average Bonchev–Trinajstić information content (AvgIpc) is 3.63. The molecule has 8 rings (SSSR count). The van der Waals surface area contributed by atoms with Gasteiger partial charge in [0.15, 0.2) is 0 Å². The van der Waals surface area contributed by atoms with Crippen LogP contribution in [0.4, 0.5) is 10.1 Å². The zero-order chi connectivity index (χ0) is 37.2. The van der Waals surface area contributed by atoms with Crippen molar-refractivity contribution in [3.05, 3.63) is 141 Å². The molecule has 1 aliphatic heterocycles. The van der Waals surface area contributed by atoms with Gasteiger partial charge in [0.25, 0.3) is 17.0 Å². The fraction of sp³-hybridized carbons (Fsp3) is 0.225.